The van der Waals surface area contributed by atoms with E-state index in [0.29, 0.717) is 18.1 Å². The third-order valence-electron chi connectivity index (χ3n) is 3.78. The van der Waals surface area contributed by atoms with Crippen LogP contribution < -0.4 is 9.47 Å². The number of hydrogen-bond acceptors (Lipinski definition) is 4. The van der Waals surface area contributed by atoms with Gasteiger partial charge in [0.25, 0.3) is 5.91 Å². The zero-order valence-corrected chi connectivity index (χ0v) is 13.9. The summed E-state index contributed by atoms with van der Waals surface area (Å²) in [5, 5.41) is 0. The summed E-state index contributed by atoms with van der Waals surface area (Å²) in [5.41, 5.74) is 1.50. The van der Waals surface area contributed by atoms with Gasteiger partial charge in [-0.25, -0.2) is 4.98 Å². The number of ether oxygens (including phenoxy) is 2. The third-order valence-corrected chi connectivity index (χ3v) is 3.78. The molecule has 5 heteroatoms. The second-order valence-electron chi connectivity index (χ2n) is 5.15. The zero-order chi connectivity index (χ0) is 16.8. The van der Waals surface area contributed by atoms with Crippen molar-refractivity contribution in [1.82, 2.24) is 9.88 Å². The predicted octanol–water partition coefficient (Wildman–Crippen LogP) is 3.32. The van der Waals surface area contributed by atoms with Crippen LogP contribution in [0.25, 0.3) is 0 Å². The van der Waals surface area contributed by atoms with Crippen molar-refractivity contribution in [1.29, 1.82) is 0 Å². The molecule has 2 aromatic rings. The third kappa shape index (κ3) is 3.80. The Balaban J connectivity index is 2.21. The predicted molar refractivity (Wildman–Crippen MR) is 88.9 cm³/mol. The van der Waals surface area contributed by atoms with Crippen LogP contribution >= 0.6 is 0 Å². The van der Waals surface area contributed by atoms with Crippen LogP contribution in [0.3, 0.4) is 0 Å². The van der Waals surface area contributed by atoms with E-state index in [4.69, 9.17) is 9.47 Å². The average molecular weight is 314 g/mol. The van der Waals surface area contributed by atoms with E-state index < -0.39 is 0 Å². The van der Waals surface area contributed by atoms with Crippen molar-refractivity contribution in [2.75, 3.05) is 20.8 Å². The summed E-state index contributed by atoms with van der Waals surface area (Å²) in [6.07, 6.45) is 1.62. The minimum Gasteiger partial charge on any atom is -0.497 e. The van der Waals surface area contributed by atoms with Crippen molar-refractivity contribution in [2.45, 2.75) is 19.9 Å². The van der Waals surface area contributed by atoms with Gasteiger partial charge in [-0.15, -0.1) is 0 Å². The number of hydrogen-bond donors (Lipinski definition) is 0. The average Bonchev–Trinajstić information content (AvgIpc) is 2.60. The number of carbonyl (C=O) groups excluding carboxylic acids is 1. The van der Waals surface area contributed by atoms with Crippen molar-refractivity contribution >= 4 is 5.91 Å². The maximum atomic E-state index is 12.8. The molecule has 1 heterocycles. The van der Waals surface area contributed by atoms with E-state index in [1.54, 1.807) is 37.4 Å². The van der Waals surface area contributed by atoms with Crippen molar-refractivity contribution < 1.29 is 14.3 Å². The van der Waals surface area contributed by atoms with Gasteiger partial charge in [0.15, 0.2) is 0 Å². The lowest BCUT2D eigenvalue weighted by Gasteiger charge is -2.26. The van der Waals surface area contributed by atoms with Crippen molar-refractivity contribution in [2.24, 2.45) is 0 Å². The van der Waals surface area contributed by atoms with Crippen LogP contribution in [0.1, 0.15) is 35.8 Å². The van der Waals surface area contributed by atoms with Crippen molar-refractivity contribution in [3.63, 3.8) is 0 Å². The molecular formula is C18H22N2O3. The summed E-state index contributed by atoms with van der Waals surface area (Å²) in [5.74, 6) is 1.04. The highest BCUT2D eigenvalue weighted by Gasteiger charge is 2.22. The molecule has 122 valence electrons. The molecule has 1 aromatic heterocycles. The Bertz CT molecular complexity index is 656. The molecule has 0 radical (unpaired) electrons. The number of pyridine rings is 1. The molecule has 23 heavy (non-hydrogen) atoms. The molecule has 1 unspecified atom stereocenters. The molecule has 2 rings (SSSR count). The van der Waals surface area contributed by atoms with Crippen LogP contribution in [-0.2, 0) is 0 Å². The van der Waals surface area contributed by atoms with Gasteiger partial charge in [-0.05, 0) is 43.7 Å². The highest BCUT2D eigenvalue weighted by Crippen LogP contribution is 2.25. The molecule has 5 nitrogen and oxygen atoms in total. The number of benzene rings is 1. The van der Waals surface area contributed by atoms with Gasteiger partial charge in [0.05, 0.1) is 19.8 Å². The molecule has 1 aromatic carbocycles. The molecule has 0 aliphatic heterocycles. The molecular weight excluding hydrogens is 292 g/mol. The maximum absolute atomic E-state index is 12.8. The Hall–Kier alpha value is -2.56. The Kier molecular flexibility index (Phi) is 5.57. The van der Waals surface area contributed by atoms with Gasteiger partial charge in [0.2, 0.25) is 5.88 Å². The van der Waals surface area contributed by atoms with Crippen LogP contribution in [0, 0.1) is 0 Å². The maximum Gasteiger partial charge on any atom is 0.259 e. The first-order valence-corrected chi connectivity index (χ1v) is 7.57. The molecule has 0 aliphatic rings. The molecule has 1 atom stereocenters. The smallest absolute Gasteiger partial charge is 0.259 e. The molecule has 0 saturated heterocycles. The Morgan fingerprint density at radius 1 is 1.26 bits per heavy atom. The van der Waals surface area contributed by atoms with Crippen molar-refractivity contribution in [3.8, 4) is 11.6 Å². The summed E-state index contributed by atoms with van der Waals surface area (Å²) in [4.78, 5) is 18.6. The fourth-order valence-electron chi connectivity index (χ4n) is 2.28. The first-order valence-electron chi connectivity index (χ1n) is 7.57. The van der Waals surface area contributed by atoms with E-state index in [9.17, 15) is 4.79 Å². The second-order valence-corrected chi connectivity index (χ2v) is 5.15. The molecule has 0 spiro atoms. The minimum atomic E-state index is -0.120. The minimum absolute atomic E-state index is 0.0805. The molecule has 1 amide bonds. The first kappa shape index (κ1) is 16.8. The van der Waals surface area contributed by atoms with Gasteiger partial charge in [-0.2, -0.15) is 0 Å². The Labute approximate surface area is 136 Å². The molecule has 0 saturated carbocycles. The monoisotopic (exact) mass is 314 g/mol. The van der Waals surface area contributed by atoms with Crippen LogP contribution in [0.5, 0.6) is 11.6 Å². The molecule has 0 aliphatic carbocycles. The van der Waals surface area contributed by atoms with E-state index in [-0.39, 0.29) is 11.9 Å². The standard InChI is InChI=1S/C18H22N2O3/c1-5-23-17-16(7-6-12-19-17)18(21)20(3)13(2)14-8-10-15(22-4)11-9-14/h6-13H,5H2,1-4H3. The number of aromatic nitrogens is 1. The molecule has 0 bridgehead atoms. The summed E-state index contributed by atoms with van der Waals surface area (Å²) < 4.78 is 10.6. The highest BCUT2D eigenvalue weighted by atomic mass is 16.5. The number of carbonyl (C=O) groups is 1. The van der Waals surface area contributed by atoms with Crippen LogP contribution in [0.2, 0.25) is 0 Å². The number of nitrogens with zero attached hydrogens (tertiary/aromatic N) is 2. The SMILES string of the molecule is CCOc1ncccc1C(=O)N(C)C(C)c1ccc(OC)cc1. The number of methoxy groups -OCH3 is 1. The lowest BCUT2D eigenvalue weighted by Crippen LogP contribution is -2.30. The topological polar surface area (TPSA) is 51.7 Å². The van der Waals surface area contributed by atoms with Gasteiger partial charge >= 0.3 is 0 Å². The van der Waals surface area contributed by atoms with Gasteiger partial charge in [-0.3, -0.25) is 4.79 Å². The van der Waals surface area contributed by atoms with E-state index in [1.165, 1.54) is 0 Å². The van der Waals surface area contributed by atoms with Gasteiger partial charge < -0.3 is 14.4 Å². The van der Waals surface area contributed by atoms with E-state index in [1.807, 2.05) is 38.1 Å². The quantitative estimate of drug-likeness (QED) is 0.821. The second kappa shape index (κ2) is 7.63. The van der Waals surface area contributed by atoms with Gasteiger partial charge in [0.1, 0.15) is 11.3 Å². The van der Waals surface area contributed by atoms with Gasteiger partial charge in [-0.1, -0.05) is 12.1 Å². The highest BCUT2D eigenvalue weighted by molar-refractivity contribution is 5.96. The number of rotatable bonds is 6. The summed E-state index contributed by atoms with van der Waals surface area (Å²) in [6.45, 7) is 4.32. The summed E-state index contributed by atoms with van der Waals surface area (Å²) >= 11 is 0. The fourth-order valence-corrected chi connectivity index (χ4v) is 2.28. The van der Waals surface area contributed by atoms with Crippen LogP contribution in [-0.4, -0.2) is 36.6 Å². The summed E-state index contributed by atoms with van der Waals surface area (Å²) in [7, 11) is 3.41. The van der Waals surface area contributed by atoms with E-state index >= 15 is 0 Å². The normalized spacial score (nSPS) is 11.7. The fraction of sp³-hybridized carbons (Fsp3) is 0.333. The van der Waals surface area contributed by atoms with Gasteiger partial charge in [0, 0.05) is 13.2 Å². The molecule has 0 N–H and O–H groups in total. The number of amides is 1. The Morgan fingerprint density at radius 3 is 2.57 bits per heavy atom. The zero-order valence-electron chi connectivity index (χ0n) is 13.9. The lowest BCUT2D eigenvalue weighted by molar-refractivity contribution is 0.0737. The van der Waals surface area contributed by atoms with E-state index in [2.05, 4.69) is 4.98 Å². The molecule has 0 fully saturated rings. The van der Waals surface area contributed by atoms with Crippen molar-refractivity contribution in [3.05, 3.63) is 53.7 Å². The lowest BCUT2D eigenvalue weighted by atomic mass is 10.1. The summed E-state index contributed by atoms with van der Waals surface area (Å²) in [6, 6.07) is 11.1. The van der Waals surface area contributed by atoms with E-state index in [0.717, 1.165) is 11.3 Å². The largest absolute Gasteiger partial charge is 0.497 e. The van der Waals surface area contributed by atoms with Crippen LogP contribution in [0.4, 0.5) is 0 Å². The first-order chi connectivity index (χ1) is 11.1. The Morgan fingerprint density at radius 2 is 1.96 bits per heavy atom. The van der Waals surface area contributed by atoms with Crippen LogP contribution in [0.15, 0.2) is 42.6 Å².